The van der Waals surface area contributed by atoms with Crippen LogP contribution in [0.3, 0.4) is 0 Å². The van der Waals surface area contributed by atoms with Gasteiger partial charge in [-0.1, -0.05) is 57.9 Å². The Kier molecular flexibility index (Phi) is 4.21. The molecule has 0 spiro atoms. The van der Waals surface area contributed by atoms with Crippen LogP contribution in [-0.2, 0) is 6.54 Å². The third-order valence-electron chi connectivity index (χ3n) is 4.11. The van der Waals surface area contributed by atoms with Gasteiger partial charge in [-0.2, -0.15) is 0 Å². The first kappa shape index (κ1) is 15.6. The average Bonchev–Trinajstić information content (AvgIpc) is 2.97. The van der Waals surface area contributed by atoms with E-state index in [2.05, 4.69) is 87.0 Å². The third kappa shape index (κ3) is 2.90. The Morgan fingerprint density at radius 1 is 0.792 bits per heavy atom. The second kappa shape index (κ2) is 6.50. The SMILES string of the molecule is Clc1ccccc1CN1[CH]N(c2ccc(Br)cc2)c2ccccc21. The summed E-state index contributed by atoms with van der Waals surface area (Å²) in [5.74, 6) is 0. The predicted molar refractivity (Wildman–Crippen MR) is 105 cm³/mol. The molecule has 3 aromatic carbocycles. The largest absolute Gasteiger partial charge is 0.341 e. The van der Waals surface area contributed by atoms with Gasteiger partial charge in [0.2, 0.25) is 0 Å². The minimum atomic E-state index is 0.740. The highest BCUT2D eigenvalue weighted by Gasteiger charge is 2.27. The van der Waals surface area contributed by atoms with Crippen molar-refractivity contribution in [2.45, 2.75) is 6.54 Å². The highest BCUT2D eigenvalue weighted by Crippen LogP contribution is 2.43. The van der Waals surface area contributed by atoms with E-state index in [0.717, 1.165) is 27.3 Å². The standard InChI is InChI=1S/C20H15BrClN2/c21-16-9-11-17(12-10-16)24-14-23(19-7-3-4-8-20(19)24)13-15-5-1-2-6-18(15)22/h1-12,14H,13H2. The van der Waals surface area contributed by atoms with Crippen molar-refractivity contribution in [2.75, 3.05) is 9.80 Å². The number of para-hydroxylation sites is 2. The van der Waals surface area contributed by atoms with Crippen LogP contribution in [0, 0.1) is 6.67 Å². The Labute approximate surface area is 155 Å². The molecule has 2 nitrogen and oxygen atoms in total. The first-order chi connectivity index (χ1) is 11.7. The fourth-order valence-electron chi connectivity index (χ4n) is 2.92. The maximum Gasteiger partial charge on any atom is 0.147 e. The molecule has 3 aromatic rings. The summed E-state index contributed by atoms with van der Waals surface area (Å²) in [7, 11) is 0. The van der Waals surface area contributed by atoms with Crippen molar-refractivity contribution in [3.8, 4) is 0 Å². The van der Waals surface area contributed by atoms with Crippen molar-refractivity contribution < 1.29 is 0 Å². The molecule has 0 saturated carbocycles. The average molecular weight is 399 g/mol. The minimum absolute atomic E-state index is 0.740. The smallest absolute Gasteiger partial charge is 0.147 e. The van der Waals surface area contributed by atoms with Crippen molar-refractivity contribution in [1.29, 1.82) is 0 Å². The number of hydrogen-bond acceptors (Lipinski definition) is 2. The van der Waals surface area contributed by atoms with Crippen molar-refractivity contribution >= 4 is 44.6 Å². The summed E-state index contributed by atoms with van der Waals surface area (Å²) in [5.41, 5.74) is 4.60. The van der Waals surface area contributed by atoms with E-state index in [1.54, 1.807) is 0 Å². The normalized spacial score (nSPS) is 13.2. The molecule has 0 aliphatic carbocycles. The number of rotatable bonds is 3. The molecule has 24 heavy (non-hydrogen) atoms. The third-order valence-corrected chi connectivity index (χ3v) is 5.01. The molecule has 119 valence electrons. The Morgan fingerprint density at radius 2 is 1.46 bits per heavy atom. The van der Waals surface area contributed by atoms with Crippen molar-refractivity contribution in [3.63, 3.8) is 0 Å². The Morgan fingerprint density at radius 3 is 2.21 bits per heavy atom. The van der Waals surface area contributed by atoms with Gasteiger partial charge in [0.15, 0.2) is 0 Å². The van der Waals surface area contributed by atoms with Crippen LogP contribution in [0.4, 0.5) is 17.1 Å². The summed E-state index contributed by atoms with van der Waals surface area (Å²) in [6.45, 7) is 2.88. The highest BCUT2D eigenvalue weighted by molar-refractivity contribution is 9.10. The van der Waals surface area contributed by atoms with E-state index < -0.39 is 0 Å². The zero-order valence-electron chi connectivity index (χ0n) is 12.9. The van der Waals surface area contributed by atoms with Crippen molar-refractivity contribution in [2.24, 2.45) is 0 Å². The van der Waals surface area contributed by atoms with Gasteiger partial charge in [-0.25, -0.2) is 0 Å². The number of halogens is 2. The molecule has 1 radical (unpaired) electrons. The van der Waals surface area contributed by atoms with E-state index in [4.69, 9.17) is 11.6 Å². The van der Waals surface area contributed by atoms with Crippen LogP contribution in [0.15, 0.2) is 77.3 Å². The monoisotopic (exact) mass is 397 g/mol. The second-order valence-electron chi connectivity index (χ2n) is 5.67. The number of nitrogens with zero attached hydrogens (tertiary/aromatic N) is 2. The fourth-order valence-corrected chi connectivity index (χ4v) is 3.38. The van der Waals surface area contributed by atoms with Gasteiger partial charge in [0.25, 0.3) is 0 Å². The van der Waals surface area contributed by atoms with E-state index in [1.165, 1.54) is 11.4 Å². The summed E-state index contributed by atoms with van der Waals surface area (Å²) in [6.07, 6.45) is 0. The summed E-state index contributed by atoms with van der Waals surface area (Å²) < 4.78 is 1.08. The van der Waals surface area contributed by atoms with Gasteiger partial charge in [-0.15, -0.1) is 0 Å². The van der Waals surface area contributed by atoms with E-state index in [1.807, 2.05) is 18.2 Å². The van der Waals surface area contributed by atoms with Crippen LogP contribution in [0.5, 0.6) is 0 Å². The topological polar surface area (TPSA) is 6.48 Å². The molecule has 0 fully saturated rings. The molecule has 1 aliphatic rings. The van der Waals surface area contributed by atoms with Crippen LogP contribution in [-0.4, -0.2) is 0 Å². The van der Waals surface area contributed by atoms with Crippen LogP contribution in [0.25, 0.3) is 0 Å². The highest BCUT2D eigenvalue weighted by atomic mass is 79.9. The van der Waals surface area contributed by atoms with Gasteiger partial charge in [0.05, 0.1) is 11.4 Å². The molecule has 0 saturated heterocycles. The lowest BCUT2D eigenvalue weighted by Crippen LogP contribution is -2.21. The molecule has 0 unspecified atom stereocenters. The van der Waals surface area contributed by atoms with Gasteiger partial charge in [0.1, 0.15) is 6.67 Å². The van der Waals surface area contributed by atoms with E-state index >= 15 is 0 Å². The quantitative estimate of drug-likeness (QED) is 0.505. The summed E-state index contributed by atoms with van der Waals surface area (Å²) in [4.78, 5) is 4.44. The Hall–Kier alpha value is -1.97. The van der Waals surface area contributed by atoms with E-state index in [0.29, 0.717) is 0 Å². The maximum atomic E-state index is 6.34. The Bertz CT molecular complexity index is 864. The molecule has 1 aliphatic heterocycles. The second-order valence-corrected chi connectivity index (χ2v) is 6.99. The molecule has 1 heterocycles. The first-order valence-corrected chi connectivity index (χ1v) is 8.88. The fraction of sp³-hybridized carbons (Fsp3) is 0.0500. The molecule has 4 heteroatoms. The zero-order valence-corrected chi connectivity index (χ0v) is 15.2. The molecular formula is C20H15BrClN2. The molecule has 0 bridgehead atoms. The van der Waals surface area contributed by atoms with Gasteiger partial charge in [0, 0.05) is 21.7 Å². The lowest BCUT2D eigenvalue weighted by molar-refractivity contribution is 0.917. The van der Waals surface area contributed by atoms with E-state index in [-0.39, 0.29) is 0 Å². The molecule has 0 atom stereocenters. The van der Waals surface area contributed by atoms with Crippen molar-refractivity contribution in [3.05, 3.63) is 94.5 Å². The lowest BCUT2D eigenvalue weighted by atomic mass is 10.2. The molecule has 0 N–H and O–H groups in total. The number of anilines is 3. The molecule has 0 aromatic heterocycles. The van der Waals surface area contributed by atoms with Crippen LogP contribution in [0.1, 0.15) is 5.56 Å². The van der Waals surface area contributed by atoms with Gasteiger partial charge in [-0.3, -0.25) is 0 Å². The summed E-state index contributed by atoms with van der Waals surface area (Å²) in [5, 5.41) is 0.797. The number of fused-ring (bicyclic) bond motifs is 1. The van der Waals surface area contributed by atoms with Gasteiger partial charge in [-0.05, 0) is 48.0 Å². The molecule has 0 amide bonds. The minimum Gasteiger partial charge on any atom is -0.341 e. The zero-order chi connectivity index (χ0) is 16.5. The van der Waals surface area contributed by atoms with Crippen LogP contribution >= 0.6 is 27.5 Å². The molecule has 4 rings (SSSR count). The maximum absolute atomic E-state index is 6.34. The summed E-state index contributed by atoms with van der Waals surface area (Å²) >= 11 is 9.84. The van der Waals surface area contributed by atoms with Gasteiger partial charge < -0.3 is 9.80 Å². The Balaban J connectivity index is 1.68. The van der Waals surface area contributed by atoms with E-state index in [9.17, 15) is 0 Å². The van der Waals surface area contributed by atoms with Crippen molar-refractivity contribution in [1.82, 2.24) is 0 Å². The first-order valence-electron chi connectivity index (χ1n) is 7.71. The predicted octanol–water partition coefficient (Wildman–Crippen LogP) is 6.38. The van der Waals surface area contributed by atoms with Crippen LogP contribution < -0.4 is 9.80 Å². The van der Waals surface area contributed by atoms with Crippen LogP contribution in [0.2, 0.25) is 5.02 Å². The lowest BCUT2D eigenvalue weighted by Gasteiger charge is -2.21. The summed E-state index contributed by atoms with van der Waals surface area (Å²) in [6, 6.07) is 24.7. The van der Waals surface area contributed by atoms with Gasteiger partial charge >= 0.3 is 0 Å². The number of hydrogen-bond donors (Lipinski definition) is 0. The molecular weight excluding hydrogens is 384 g/mol. The number of benzene rings is 3.